The van der Waals surface area contributed by atoms with Crippen molar-refractivity contribution < 1.29 is 27.6 Å². The number of fused-ring (bicyclic) bond motifs is 1. The zero-order valence-corrected chi connectivity index (χ0v) is 29.4. The van der Waals surface area contributed by atoms with Gasteiger partial charge in [0.2, 0.25) is 5.91 Å². The van der Waals surface area contributed by atoms with Gasteiger partial charge in [0, 0.05) is 43.7 Å². The Morgan fingerprint density at radius 1 is 1.00 bits per heavy atom. The lowest BCUT2D eigenvalue weighted by molar-refractivity contribution is -0.139. The normalized spacial score (nSPS) is 23.6. The number of likely N-dealkylation sites (tertiary alicyclic amines) is 2. The zero-order chi connectivity index (χ0) is 35.6. The number of para-hydroxylation sites is 1. The minimum atomic E-state index is -4.72. The molecule has 3 saturated heterocycles. The van der Waals surface area contributed by atoms with Crippen LogP contribution in [0.3, 0.4) is 0 Å². The second kappa shape index (κ2) is 15.5. The summed E-state index contributed by atoms with van der Waals surface area (Å²) < 4.78 is 41.7. The van der Waals surface area contributed by atoms with Gasteiger partial charge in [0.15, 0.2) is 5.78 Å². The second-order valence-electron chi connectivity index (χ2n) is 14.6. The summed E-state index contributed by atoms with van der Waals surface area (Å²) >= 11 is 6.19. The number of halogens is 4. The third-order valence-electron chi connectivity index (χ3n) is 11.5. The molecule has 9 nitrogen and oxygen atoms in total. The van der Waals surface area contributed by atoms with Gasteiger partial charge in [0.1, 0.15) is 0 Å². The molecule has 6 rings (SSSR count). The first-order chi connectivity index (χ1) is 23.9. The molecule has 3 atom stereocenters. The predicted octanol–water partition coefficient (Wildman–Crippen LogP) is 5.85. The summed E-state index contributed by atoms with van der Waals surface area (Å²) in [5, 5.41) is 6.20. The van der Waals surface area contributed by atoms with Crippen LogP contribution in [-0.4, -0.2) is 90.8 Å². The van der Waals surface area contributed by atoms with Gasteiger partial charge in [-0.3, -0.25) is 14.5 Å². The average molecular weight is 717 g/mol. The van der Waals surface area contributed by atoms with Crippen molar-refractivity contribution in [2.75, 3.05) is 57.4 Å². The number of hydrogen-bond donors (Lipinski definition) is 3. The number of likely N-dealkylation sites (N-methyl/N-ethyl adjacent to an activating group) is 1. The van der Waals surface area contributed by atoms with Crippen LogP contribution in [0.4, 0.5) is 29.3 Å². The summed E-state index contributed by atoms with van der Waals surface area (Å²) in [4.78, 5) is 47.1. The van der Waals surface area contributed by atoms with E-state index in [2.05, 4.69) is 10.6 Å². The maximum absolute atomic E-state index is 14.5. The number of nitrogens with zero attached hydrogens (tertiary/aromatic N) is 3. The van der Waals surface area contributed by atoms with Gasteiger partial charge in [-0.1, -0.05) is 29.8 Å². The van der Waals surface area contributed by atoms with Gasteiger partial charge in [0.25, 0.3) is 0 Å². The van der Waals surface area contributed by atoms with E-state index in [9.17, 15) is 27.6 Å². The highest BCUT2D eigenvalue weighted by molar-refractivity contribution is 6.33. The number of alkyl halides is 3. The van der Waals surface area contributed by atoms with Crippen molar-refractivity contribution in [2.24, 2.45) is 17.8 Å². The molecule has 3 fully saturated rings. The number of anilines is 2. The fourth-order valence-corrected chi connectivity index (χ4v) is 8.79. The number of nitrogens with two attached hydrogens (primary N) is 1. The summed E-state index contributed by atoms with van der Waals surface area (Å²) in [7, 11) is 1.92. The molecule has 13 heteroatoms. The minimum Gasteiger partial charge on any atom is -0.397 e. The number of rotatable bonds is 8. The Morgan fingerprint density at radius 2 is 1.72 bits per heavy atom. The first kappa shape index (κ1) is 36.4. The Morgan fingerprint density at radius 3 is 2.44 bits per heavy atom. The van der Waals surface area contributed by atoms with E-state index in [1.807, 2.05) is 41.1 Å². The molecule has 50 heavy (non-hydrogen) atoms. The standard InChI is InChI=1S/C37H48ClF3N6O3/c1-45-14-8-26(24-6-12-43-13-7-24)21-32(45)35(49)27(18-23-19-29(37(39,40)41)34(42)30(38)20-23)22-33(48)46-15-10-28(11-16-46)47-17-9-25-4-2-3-5-31(25)44-36(47)50/h2-5,19-20,24,26-28,32,43H,6-18,21-22,42H2,1H3,(H,44,50)/t26?,27?,32-/m0/s1. The molecule has 2 aromatic carbocycles. The molecule has 0 aliphatic carbocycles. The summed E-state index contributed by atoms with van der Waals surface area (Å²) in [6.45, 7) is 4.09. The maximum atomic E-state index is 14.5. The molecule has 3 amide bonds. The zero-order valence-electron chi connectivity index (χ0n) is 28.6. The number of nitrogens with one attached hydrogen (secondary N) is 2. The number of ketones is 1. The highest BCUT2D eigenvalue weighted by Gasteiger charge is 2.40. The number of piperidine rings is 3. The summed E-state index contributed by atoms with van der Waals surface area (Å²) in [5.74, 6) is -0.260. The van der Waals surface area contributed by atoms with Crippen molar-refractivity contribution in [1.82, 2.24) is 20.0 Å². The lowest BCUT2D eigenvalue weighted by Crippen LogP contribution is -2.51. The van der Waals surface area contributed by atoms with Gasteiger partial charge < -0.3 is 26.2 Å². The fourth-order valence-electron chi connectivity index (χ4n) is 8.55. The van der Waals surface area contributed by atoms with Crippen LogP contribution in [-0.2, 0) is 28.6 Å². The van der Waals surface area contributed by atoms with Gasteiger partial charge in [-0.05, 0) is 119 Å². The van der Waals surface area contributed by atoms with E-state index in [1.54, 1.807) is 4.90 Å². The third-order valence-corrected chi connectivity index (χ3v) is 11.8. The Bertz CT molecular complexity index is 1560. The molecule has 0 spiro atoms. The average Bonchev–Trinajstić information content (AvgIpc) is 3.27. The predicted molar refractivity (Wildman–Crippen MR) is 188 cm³/mol. The summed E-state index contributed by atoms with van der Waals surface area (Å²) in [6.07, 6.45) is 0.822. The molecule has 0 aromatic heterocycles. The molecule has 0 bridgehead atoms. The van der Waals surface area contributed by atoms with Gasteiger partial charge in [-0.15, -0.1) is 0 Å². The summed E-state index contributed by atoms with van der Waals surface area (Å²) in [6, 6.07) is 9.50. The Hall–Kier alpha value is -3.35. The highest BCUT2D eigenvalue weighted by atomic mass is 35.5. The SMILES string of the molecule is CN1CCC(C2CCNCC2)C[C@H]1C(=O)C(CC(=O)N1CCC(N2CCc3ccccc3NC2=O)CC1)Cc1cc(Cl)c(N)c(C(F)(F)F)c1. The van der Waals surface area contributed by atoms with Gasteiger partial charge in [-0.25, -0.2) is 4.79 Å². The molecule has 272 valence electrons. The minimum absolute atomic E-state index is 0.0358. The van der Waals surface area contributed by atoms with E-state index >= 15 is 0 Å². The van der Waals surface area contributed by atoms with Crippen LogP contribution in [0.2, 0.25) is 5.02 Å². The second-order valence-corrected chi connectivity index (χ2v) is 15.0. The van der Waals surface area contributed by atoms with Crippen molar-refractivity contribution in [3.63, 3.8) is 0 Å². The Labute approximate surface area is 297 Å². The lowest BCUT2D eigenvalue weighted by Gasteiger charge is -2.42. The van der Waals surface area contributed by atoms with Crippen LogP contribution in [0.1, 0.15) is 61.6 Å². The number of amides is 3. The quantitative estimate of drug-likeness (QED) is 0.296. The Kier molecular flexibility index (Phi) is 11.3. The number of benzene rings is 2. The molecular weight excluding hydrogens is 669 g/mol. The van der Waals surface area contributed by atoms with E-state index in [0.29, 0.717) is 50.7 Å². The number of hydrogen-bond acceptors (Lipinski definition) is 6. The van der Waals surface area contributed by atoms with E-state index in [0.717, 1.165) is 62.6 Å². The maximum Gasteiger partial charge on any atom is 0.418 e. The number of urea groups is 1. The van der Waals surface area contributed by atoms with Crippen molar-refractivity contribution in [2.45, 2.75) is 76.0 Å². The van der Waals surface area contributed by atoms with Crippen LogP contribution in [0.25, 0.3) is 0 Å². The van der Waals surface area contributed by atoms with Crippen LogP contribution in [0, 0.1) is 17.8 Å². The number of nitrogen functional groups attached to an aromatic ring is 1. The van der Waals surface area contributed by atoms with E-state index in [4.69, 9.17) is 17.3 Å². The van der Waals surface area contributed by atoms with Gasteiger partial charge >= 0.3 is 12.2 Å². The largest absolute Gasteiger partial charge is 0.418 e. The van der Waals surface area contributed by atoms with Crippen molar-refractivity contribution in [3.05, 3.63) is 58.1 Å². The monoisotopic (exact) mass is 716 g/mol. The first-order valence-corrected chi connectivity index (χ1v) is 18.3. The third kappa shape index (κ3) is 8.23. The lowest BCUT2D eigenvalue weighted by atomic mass is 9.74. The fraction of sp³-hybridized carbons (Fsp3) is 0.595. The van der Waals surface area contributed by atoms with Crippen LogP contribution < -0.4 is 16.4 Å². The topological polar surface area (TPSA) is 111 Å². The van der Waals surface area contributed by atoms with E-state index < -0.39 is 29.4 Å². The molecule has 2 aromatic rings. The molecule has 4 N–H and O–H groups in total. The van der Waals surface area contributed by atoms with E-state index in [1.165, 1.54) is 6.07 Å². The van der Waals surface area contributed by atoms with Crippen LogP contribution in [0.15, 0.2) is 36.4 Å². The number of carbonyl (C=O) groups excluding carboxylic acids is 3. The number of carbonyl (C=O) groups is 3. The Balaban J connectivity index is 1.17. The van der Waals surface area contributed by atoms with Crippen molar-refractivity contribution >= 4 is 40.7 Å². The molecule has 4 aliphatic heterocycles. The van der Waals surface area contributed by atoms with Gasteiger partial charge in [-0.2, -0.15) is 13.2 Å². The molecule has 0 saturated carbocycles. The highest BCUT2D eigenvalue weighted by Crippen LogP contribution is 2.39. The van der Waals surface area contributed by atoms with Gasteiger partial charge in [0.05, 0.1) is 22.3 Å². The summed E-state index contributed by atoms with van der Waals surface area (Å²) in [5.41, 5.74) is 6.25. The van der Waals surface area contributed by atoms with Crippen molar-refractivity contribution in [3.8, 4) is 0 Å². The molecule has 4 heterocycles. The first-order valence-electron chi connectivity index (χ1n) is 17.9. The molecule has 0 radical (unpaired) electrons. The molecule has 2 unspecified atom stereocenters. The van der Waals surface area contributed by atoms with Crippen LogP contribution >= 0.6 is 11.6 Å². The van der Waals surface area contributed by atoms with Crippen molar-refractivity contribution in [1.29, 1.82) is 0 Å². The number of Topliss-reactive ketones (excluding diaryl/α,β-unsaturated/α-hetero) is 1. The van der Waals surface area contributed by atoms with Crippen LogP contribution in [0.5, 0.6) is 0 Å². The molecular formula is C37H48ClF3N6O3. The van der Waals surface area contributed by atoms with E-state index in [-0.39, 0.29) is 47.2 Å². The molecule has 4 aliphatic rings. The smallest absolute Gasteiger partial charge is 0.397 e.